The van der Waals surface area contributed by atoms with Crippen molar-refractivity contribution in [2.75, 3.05) is 0 Å². The fourth-order valence-corrected chi connectivity index (χ4v) is 0.649. The van der Waals surface area contributed by atoms with Crippen LogP contribution < -0.4 is 29.6 Å². The molecule has 0 amide bonds. The summed E-state index contributed by atoms with van der Waals surface area (Å²) in [6.07, 6.45) is -4.14. The summed E-state index contributed by atoms with van der Waals surface area (Å²) in [5, 5.41) is 16.7. The van der Waals surface area contributed by atoms with E-state index in [0.717, 1.165) is 0 Å². The van der Waals surface area contributed by atoms with Gasteiger partial charge in [0, 0.05) is 0 Å². The molecule has 1 aliphatic heterocycles. The van der Waals surface area contributed by atoms with Crippen molar-refractivity contribution in [2.24, 2.45) is 9.98 Å². The molecule has 1 rings (SSSR count). The SMILES string of the molecule is N#CC1(C#N)C=NC(C(F)(F)F)=N1.[H-].[Na+]. The molecular formula is C6H2F3N4Na. The number of rotatable bonds is 0. The van der Waals surface area contributed by atoms with Crippen LogP contribution in [-0.2, 0) is 0 Å². The van der Waals surface area contributed by atoms with Crippen molar-refractivity contribution in [1.29, 1.82) is 10.5 Å². The second-order valence-electron chi connectivity index (χ2n) is 2.18. The third-order valence-corrected chi connectivity index (χ3v) is 1.25. The number of halogens is 3. The van der Waals surface area contributed by atoms with Crippen molar-refractivity contribution >= 4 is 12.1 Å². The molecule has 0 aromatic rings. The van der Waals surface area contributed by atoms with Crippen molar-refractivity contribution < 1.29 is 44.2 Å². The van der Waals surface area contributed by atoms with E-state index in [-0.39, 0.29) is 31.0 Å². The Morgan fingerprint density at radius 2 is 1.86 bits per heavy atom. The van der Waals surface area contributed by atoms with Crippen molar-refractivity contribution in [1.82, 2.24) is 0 Å². The van der Waals surface area contributed by atoms with Crippen LogP contribution >= 0.6 is 0 Å². The largest absolute Gasteiger partial charge is 1.00 e. The minimum atomic E-state index is -4.72. The Kier molecular flexibility index (Phi) is 3.83. The van der Waals surface area contributed by atoms with Crippen molar-refractivity contribution in [2.45, 2.75) is 11.7 Å². The van der Waals surface area contributed by atoms with E-state index in [1.54, 1.807) is 0 Å². The van der Waals surface area contributed by atoms with Gasteiger partial charge in [0.25, 0.3) is 5.54 Å². The van der Waals surface area contributed by atoms with Gasteiger partial charge in [-0.1, -0.05) is 0 Å². The maximum absolute atomic E-state index is 11.9. The number of alkyl halides is 3. The molecule has 0 unspecified atom stereocenters. The van der Waals surface area contributed by atoms with Gasteiger partial charge in [-0.15, -0.1) is 0 Å². The Labute approximate surface area is 101 Å². The normalized spacial score (nSPS) is 17.6. The molecule has 4 nitrogen and oxygen atoms in total. The molecule has 1 heterocycles. The van der Waals surface area contributed by atoms with E-state index >= 15 is 0 Å². The first kappa shape index (κ1) is 13.1. The standard InChI is InChI=1S/C6HF3N4.Na.H/c7-6(8,9)4-12-3-5(1-10,2-11)13-4;;/h3H;;/q;+1;-1. The van der Waals surface area contributed by atoms with Gasteiger partial charge < -0.3 is 1.43 Å². The number of amidine groups is 1. The molecule has 0 atom stereocenters. The Morgan fingerprint density at radius 1 is 1.36 bits per heavy atom. The summed E-state index contributed by atoms with van der Waals surface area (Å²) in [6.45, 7) is 0. The second kappa shape index (κ2) is 4.09. The molecule has 0 aliphatic carbocycles. The zero-order chi connectivity index (χ0) is 10.1. The second-order valence-corrected chi connectivity index (χ2v) is 2.18. The van der Waals surface area contributed by atoms with Crippen molar-refractivity contribution in [3.05, 3.63) is 0 Å². The van der Waals surface area contributed by atoms with Gasteiger partial charge in [0.2, 0.25) is 5.84 Å². The van der Waals surface area contributed by atoms with Crippen LogP contribution in [0, 0.1) is 22.7 Å². The predicted octanol–water partition coefficient (Wildman–Crippen LogP) is -2.07. The van der Waals surface area contributed by atoms with Crippen LogP contribution in [-0.4, -0.2) is 23.8 Å². The van der Waals surface area contributed by atoms with Gasteiger partial charge in [0.15, 0.2) is 0 Å². The fourth-order valence-electron chi connectivity index (χ4n) is 0.649. The van der Waals surface area contributed by atoms with E-state index in [1.165, 1.54) is 12.1 Å². The van der Waals surface area contributed by atoms with Gasteiger partial charge in [0.1, 0.15) is 12.1 Å². The van der Waals surface area contributed by atoms with Crippen LogP contribution in [0.1, 0.15) is 1.43 Å². The molecule has 0 aromatic carbocycles. The molecule has 0 saturated carbocycles. The molecule has 0 N–H and O–H groups in total. The molecule has 68 valence electrons. The van der Waals surface area contributed by atoms with E-state index < -0.39 is 17.6 Å². The topological polar surface area (TPSA) is 72.3 Å². The van der Waals surface area contributed by atoms with E-state index in [4.69, 9.17) is 10.5 Å². The Balaban J connectivity index is 0. The molecular weight excluding hydrogens is 208 g/mol. The average Bonchev–Trinajstić information content (AvgIpc) is 2.48. The van der Waals surface area contributed by atoms with Gasteiger partial charge in [0.05, 0.1) is 6.21 Å². The van der Waals surface area contributed by atoms with Gasteiger partial charge >= 0.3 is 35.7 Å². The zero-order valence-electron chi connectivity index (χ0n) is 8.00. The number of nitrogens with zero attached hydrogens (tertiary/aromatic N) is 4. The van der Waals surface area contributed by atoms with E-state index in [0.29, 0.717) is 6.21 Å². The number of nitriles is 2. The minimum absolute atomic E-state index is 0. The first-order chi connectivity index (χ1) is 5.93. The summed E-state index contributed by atoms with van der Waals surface area (Å²) in [6, 6.07) is 2.66. The monoisotopic (exact) mass is 210 g/mol. The van der Waals surface area contributed by atoms with E-state index in [1.807, 2.05) is 0 Å². The molecule has 0 aromatic heterocycles. The first-order valence-electron chi connectivity index (χ1n) is 2.98. The van der Waals surface area contributed by atoms with E-state index in [9.17, 15) is 13.2 Å². The smallest absolute Gasteiger partial charge is 1.00 e. The van der Waals surface area contributed by atoms with Crippen LogP contribution in [0.25, 0.3) is 0 Å². The van der Waals surface area contributed by atoms with Crippen molar-refractivity contribution in [3.63, 3.8) is 0 Å². The molecule has 0 spiro atoms. The van der Waals surface area contributed by atoms with Gasteiger partial charge in [-0.2, -0.15) is 23.7 Å². The third-order valence-electron chi connectivity index (χ3n) is 1.25. The first-order valence-corrected chi connectivity index (χ1v) is 2.98. The summed E-state index contributed by atoms with van der Waals surface area (Å²) in [5.74, 6) is -1.45. The van der Waals surface area contributed by atoms with Crippen LogP contribution in [0.5, 0.6) is 0 Å². The Bertz CT molecular complexity index is 361. The fraction of sp³-hybridized carbons (Fsp3) is 0.333. The third kappa shape index (κ3) is 2.32. The van der Waals surface area contributed by atoms with E-state index in [2.05, 4.69) is 9.98 Å². The minimum Gasteiger partial charge on any atom is -1.00 e. The summed E-state index contributed by atoms with van der Waals surface area (Å²) in [7, 11) is 0. The Morgan fingerprint density at radius 3 is 2.07 bits per heavy atom. The van der Waals surface area contributed by atoms with Crippen LogP contribution in [0.3, 0.4) is 0 Å². The summed E-state index contributed by atoms with van der Waals surface area (Å²) in [4.78, 5) is 5.73. The zero-order valence-corrected chi connectivity index (χ0v) is 9.00. The average molecular weight is 210 g/mol. The number of hydrogen-bond acceptors (Lipinski definition) is 4. The van der Waals surface area contributed by atoms with Crippen molar-refractivity contribution in [3.8, 4) is 12.1 Å². The maximum Gasteiger partial charge on any atom is 1.00 e. The van der Waals surface area contributed by atoms with Gasteiger partial charge in [-0.3, -0.25) is 0 Å². The maximum atomic E-state index is 11.9. The molecule has 8 heteroatoms. The Hall–Kier alpha value is -0.890. The summed E-state index contributed by atoms with van der Waals surface area (Å²) < 4.78 is 35.7. The molecule has 0 bridgehead atoms. The van der Waals surface area contributed by atoms with Crippen LogP contribution in [0.2, 0.25) is 0 Å². The molecule has 14 heavy (non-hydrogen) atoms. The van der Waals surface area contributed by atoms with Crippen LogP contribution in [0.4, 0.5) is 13.2 Å². The molecule has 1 aliphatic rings. The van der Waals surface area contributed by atoms with Gasteiger partial charge in [-0.25, -0.2) is 9.98 Å². The number of hydrogen-bond donors (Lipinski definition) is 0. The predicted molar refractivity (Wildman–Crippen MR) is 37.1 cm³/mol. The number of aliphatic imine (C=N–C) groups is 2. The van der Waals surface area contributed by atoms with Crippen LogP contribution in [0.15, 0.2) is 9.98 Å². The summed E-state index contributed by atoms with van der Waals surface area (Å²) >= 11 is 0. The van der Waals surface area contributed by atoms with Gasteiger partial charge in [-0.05, 0) is 0 Å². The summed E-state index contributed by atoms with van der Waals surface area (Å²) in [5.41, 5.74) is -2.11. The molecule has 0 saturated heterocycles. The molecule has 0 radical (unpaired) electrons. The quantitative estimate of drug-likeness (QED) is 0.431. The molecule has 0 fully saturated rings.